The summed E-state index contributed by atoms with van der Waals surface area (Å²) in [6.45, 7) is 0.497. The molecule has 0 radical (unpaired) electrons. The van der Waals surface area contributed by atoms with Crippen LogP contribution >= 0.6 is 0 Å². The van der Waals surface area contributed by atoms with Crippen LogP contribution in [0.4, 0.5) is 0 Å². The fourth-order valence-corrected chi connectivity index (χ4v) is 2.39. The van der Waals surface area contributed by atoms with E-state index in [1.54, 1.807) is 18.0 Å². The van der Waals surface area contributed by atoms with Gasteiger partial charge in [-0.25, -0.2) is 4.79 Å². The molecule has 0 saturated carbocycles. The summed E-state index contributed by atoms with van der Waals surface area (Å²) in [5.74, 6) is -0.199. The molecule has 1 N–H and O–H groups in total. The maximum Gasteiger partial charge on any atom is 0.339 e. The smallest absolute Gasteiger partial charge is 0.339 e. The number of benzene rings is 2. The van der Waals surface area contributed by atoms with Gasteiger partial charge in [-0.3, -0.25) is 4.68 Å². The van der Waals surface area contributed by atoms with Crippen molar-refractivity contribution in [3.8, 4) is 17.0 Å². The van der Waals surface area contributed by atoms with Gasteiger partial charge in [0.2, 0.25) is 0 Å². The van der Waals surface area contributed by atoms with Crippen molar-refractivity contribution in [1.29, 1.82) is 0 Å². The van der Waals surface area contributed by atoms with Gasteiger partial charge in [-0.1, -0.05) is 42.5 Å². The predicted molar refractivity (Wildman–Crippen MR) is 86.7 cm³/mol. The Morgan fingerprint density at radius 3 is 2.43 bits per heavy atom. The van der Waals surface area contributed by atoms with Crippen LogP contribution in [-0.2, 0) is 6.54 Å². The Morgan fingerprint density at radius 2 is 1.83 bits per heavy atom. The number of methoxy groups -OCH3 is 1. The Kier molecular flexibility index (Phi) is 4.10. The summed E-state index contributed by atoms with van der Waals surface area (Å²) in [6.07, 6.45) is 1.56. The molecule has 5 heteroatoms. The summed E-state index contributed by atoms with van der Waals surface area (Å²) in [6, 6.07) is 16.9. The third-order valence-corrected chi connectivity index (χ3v) is 3.54. The van der Waals surface area contributed by atoms with Crippen molar-refractivity contribution in [1.82, 2.24) is 9.78 Å². The molecular weight excluding hydrogens is 292 g/mol. The summed E-state index contributed by atoms with van der Waals surface area (Å²) in [4.78, 5) is 11.5. The van der Waals surface area contributed by atoms with Crippen molar-refractivity contribution >= 4 is 5.97 Å². The van der Waals surface area contributed by atoms with Crippen molar-refractivity contribution < 1.29 is 14.6 Å². The molecule has 2 aromatic carbocycles. The topological polar surface area (TPSA) is 64.3 Å². The number of hydrogen-bond acceptors (Lipinski definition) is 3. The Balaban J connectivity index is 1.92. The normalized spacial score (nSPS) is 10.5. The summed E-state index contributed by atoms with van der Waals surface area (Å²) in [7, 11) is 1.62. The van der Waals surface area contributed by atoms with Gasteiger partial charge in [0.1, 0.15) is 17.0 Å². The standard InChI is InChI=1S/C18H16N2O3/c1-23-15-9-7-13(8-10-15)11-20-12-16(18(21)22)17(19-20)14-5-3-2-4-6-14/h2-10,12H,11H2,1H3,(H,21,22). The van der Waals surface area contributed by atoms with Gasteiger partial charge < -0.3 is 9.84 Å². The van der Waals surface area contributed by atoms with Crippen LogP contribution in [-0.4, -0.2) is 28.0 Å². The molecule has 0 aliphatic heterocycles. The quantitative estimate of drug-likeness (QED) is 0.785. The lowest BCUT2D eigenvalue weighted by atomic mass is 10.1. The van der Waals surface area contributed by atoms with Crippen LogP contribution < -0.4 is 4.74 Å². The number of hydrogen-bond donors (Lipinski definition) is 1. The van der Waals surface area contributed by atoms with E-state index in [0.717, 1.165) is 16.9 Å². The van der Waals surface area contributed by atoms with Crippen molar-refractivity contribution in [3.63, 3.8) is 0 Å². The second-order valence-electron chi connectivity index (χ2n) is 5.11. The number of carbonyl (C=O) groups is 1. The predicted octanol–water partition coefficient (Wildman–Crippen LogP) is 3.31. The molecule has 5 nitrogen and oxygen atoms in total. The average Bonchev–Trinajstić information content (AvgIpc) is 3.00. The summed E-state index contributed by atoms with van der Waals surface area (Å²) in [5.41, 5.74) is 2.49. The van der Waals surface area contributed by atoms with E-state index in [2.05, 4.69) is 5.10 Å². The minimum Gasteiger partial charge on any atom is -0.497 e. The second kappa shape index (κ2) is 6.36. The Labute approximate surface area is 133 Å². The molecule has 0 amide bonds. The Morgan fingerprint density at radius 1 is 1.13 bits per heavy atom. The van der Waals surface area contributed by atoms with Gasteiger partial charge in [-0.05, 0) is 17.7 Å². The largest absolute Gasteiger partial charge is 0.497 e. The van der Waals surface area contributed by atoms with Gasteiger partial charge in [0, 0.05) is 11.8 Å². The van der Waals surface area contributed by atoms with Gasteiger partial charge in [-0.2, -0.15) is 5.10 Å². The van der Waals surface area contributed by atoms with E-state index in [1.807, 2.05) is 54.6 Å². The Bertz CT molecular complexity index is 808. The van der Waals surface area contributed by atoms with E-state index in [-0.39, 0.29) is 5.56 Å². The molecule has 1 aromatic heterocycles. The maximum atomic E-state index is 11.5. The zero-order valence-corrected chi connectivity index (χ0v) is 12.6. The molecule has 0 aliphatic carbocycles. The first-order chi connectivity index (χ1) is 11.2. The van der Waals surface area contributed by atoms with Crippen LogP contribution in [0.25, 0.3) is 11.3 Å². The molecule has 0 spiro atoms. The number of nitrogens with zero attached hydrogens (tertiary/aromatic N) is 2. The maximum absolute atomic E-state index is 11.5. The van der Waals surface area contributed by atoms with Crippen LogP contribution in [0.2, 0.25) is 0 Å². The zero-order chi connectivity index (χ0) is 16.2. The van der Waals surface area contributed by atoms with E-state index in [1.165, 1.54) is 0 Å². The highest BCUT2D eigenvalue weighted by Gasteiger charge is 2.17. The van der Waals surface area contributed by atoms with Gasteiger partial charge in [-0.15, -0.1) is 0 Å². The first-order valence-corrected chi connectivity index (χ1v) is 7.16. The SMILES string of the molecule is COc1ccc(Cn2cc(C(=O)O)c(-c3ccccc3)n2)cc1. The molecule has 3 aromatic rings. The fraction of sp³-hybridized carbons (Fsp3) is 0.111. The van der Waals surface area contributed by atoms with Gasteiger partial charge in [0.15, 0.2) is 0 Å². The highest BCUT2D eigenvalue weighted by molar-refractivity contribution is 5.94. The van der Waals surface area contributed by atoms with E-state index >= 15 is 0 Å². The third kappa shape index (κ3) is 3.23. The lowest BCUT2D eigenvalue weighted by Crippen LogP contribution is -2.00. The molecule has 0 aliphatic rings. The van der Waals surface area contributed by atoms with Crippen LogP contribution in [0.3, 0.4) is 0 Å². The Hall–Kier alpha value is -3.08. The van der Waals surface area contributed by atoms with Gasteiger partial charge in [0.25, 0.3) is 0 Å². The van der Waals surface area contributed by atoms with Crippen LogP contribution in [0, 0.1) is 0 Å². The minimum atomic E-state index is -0.982. The van der Waals surface area contributed by atoms with Crippen molar-refractivity contribution in [3.05, 3.63) is 71.9 Å². The second-order valence-corrected chi connectivity index (χ2v) is 5.11. The molecule has 116 valence electrons. The first kappa shape index (κ1) is 14.8. The number of aromatic carboxylic acids is 1. The van der Waals surface area contributed by atoms with Crippen LogP contribution in [0.15, 0.2) is 60.8 Å². The van der Waals surface area contributed by atoms with E-state index < -0.39 is 5.97 Å². The lowest BCUT2D eigenvalue weighted by Gasteiger charge is -2.04. The highest BCUT2D eigenvalue weighted by Crippen LogP contribution is 2.22. The molecule has 0 saturated heterocycles. The first-order valence-electron chi connectivity index (χ1n) is 7.16. The van der Waals surface area contributed by atoms with Gasteiger partial charge >= 0.3 is 5.97 Å². The number of aromatic nitrogens is 2. The van der Waals surface area contributed by atoms with E-state index in [4.69, 9.17) is 4.74 Å². The molecule has 0 atom stereocenters. The number of ether oxygens (including phenoxy) is 1. The average molecular weight is 308 g/mol. The summed E-state index contributed by atoms with van der Waals surface area (Å²) in [5, 5.41) is 13.8. The number of carboxylic acids is 1. The molecule has 3 rings (SSSR count). The van der Waals surface area contributed by atoms with Gasteiger partial charge in [0.05, 0.1) is 13.7 Å². The van der Waals surface area contributed by atoms with E-state index in [0.29, 0.717) is 12.2 Å². The third-order valence-electron chi connectivity index (χ3n) is 3.54. The summed E-state index contributed by atoms with van der Waals surface area (Å²) < 4.78 is 6.78. The number of rotatable bonds is 5. The summed E-state index contributed by atoms with van der Waals surface area (Å²) >= 11 is 0. The van der Waals surface area contributed by atoms with Crippen LogP contribution in [0.5, 0.6) is 5.75 Å². The lowest BCUT2D eigenvalue weighted by molar-refractivity contribution is 0.0697. The molecule has 23 heavy (non-hydrogen) atoms. The van der Waals surface area contributed by atoms with Crippen LogP contribution in [0.1, 0.15) is 15.9 Å². The van der Waals surface area contributed by atoms with E-state index in [9.17, 15) is 9.90 Å². The molecule has 0 unspecified atom stereocenters. The molecule has 0 fully saturated rings. The molecular formula is C18H16N2O3. The van der Waals surface area contributed by atoms with Crippen molar-refractivity contribution in [2.75, 3.05) is 7.11 Å². The number of carboxylic acid groups (broad SMARTS) is 1. The molecule has 0 bridgehead atoms. The zero-order valence-electron chi connectivity index (χ0n) is 12.6. The van der Waals surface area contributed by atoms with Crippen molar-refractivity contribution in [2.24, 2.45) is 0 Å². The monoisotopic (exact) mass is 308 g/mol. The highest BCUT2D eigenvalue weighted by atomic mass is 16.5. The van der Waals surface area contributed by atoms with Crippen molar-refractivity contribution in [2.45, 2.75) is 6.54 Å². The fourth-order valence-electron chi connectivity index (χ4n) is 2.39. The minimum absolute atomic E-state index is 0.199. The molecule has 1 heterocycles.